The van der Waals surface area contributed by atoms with Crippen LogP contribution in [0.15, 0.2) is 0 Å². The molecule has 0 radical (unpaired) electrons. The Labute approximate surface area is 119 Å². The predicted molar refractivity (Wildman–Crippen MR) is 72.5 cm³/mol. The van der Waals surface area contributed by atoms with Gasteiger partial charge in [-0.2, -0.15) is 0 Å². The van der Waals surface area contributed by atoms with Gasteiger partial charge in [-0.1, -0.05) is 0 Å². The highest BCUT2D eigenvalue weighted by Crippen LogP contribution is 2.45. The zero-order valence-electron chi connectivity index (χ0n) is 12.6. The summed E-state index contributed by atoms with van der Waals surface area (Å²) in [6.07, 6.45) is -0.997. The monoisotopic (exact) mass is 310 g/mol. The van der Waals surface area contributed by atoms with Crippen molar-refractivity contribution in [2.45, 2.75) is 33.8 Å². The lowest BCUT2D eigenvalue weighted by Crippen LogP contribution is -2.24. The fraction of sp³-hybridized carbons (Fsp3) is 0.833. The standard InChI is InChI=1S/C12H23O7P/c1-6-16-11(13)9(3)8-18-20(5,15)19-10(4)12(14)17-7-2/h9-10H,6-8H2,1-5H3. The van der Waals surface area contributed by atoms with Crippen molar-refractivity contribution in [2.24, 2.45) is 5.92 Å². The summed E-state index contributed by atoms with van der Waals surface area (Å²) >= 11 is 0. The van der Waals surface area contributed by atoms with E-state index in [1.807, 2.05) is 0 Å². The number of rotatable bonds is 9. The molecule has 0 rings (SSSR count). The molecule has 0 amide bonds. The molecule has 0 saturated heterocycles. The van der Waals surface area contributed by atoms with Crippen LogP contribution in [0.1, 0.15) is 27.7 Å². The van der Waals surface area contributed by atoms with E-state index in [9.17, 15) is 14.2 Å². The van der Waals surface area contributed by atoms with Crippen molar-refractivity contribution in [3.63, 3.8) is 0 Å². The molecule has 3 unspecified atom stereocenters. The van der Waals surface area contributed by atoms with E-state index < -0.39 is 31.6 Å². The van der Waals surface area contributed by atoms with Crippen LogP contribution in [0.25, 0.3) is 0 Å². The SMILES string of the molecule is CCOC(=O)C(C)COP(C)(=O)OC(C)C(=O)OCC. The third kappa shape index (κ3) is 7.62. The summed E-state index contributed by atoms with van der Waals surface area (Å²) < 4.78 is 31.7. The molecule has 0 fully saturated rings. The van der Waals surface area contributed by atoms with Crippen molar-refractivity contribution >= 4 is 19.5 Å². The van der Waals surface area contributed by atoms with E-state index in [4.69, 9.17) is 18.5 Å². The van der Waals surface area contributed by atoms with Gasteiger partial charge >= 0.3 is 19.5 Å². The Morgan fingerprint density at radius 2 is 1.55 bits per heavy atom. The highest BCUT2D eigenvalue weighted by molar-refractivity contribution is 7.53. The van der Waals surface area contributed by atoms with Crippen molar-refractivity contribution in [1.82, 2.24) is 0 Å². The van der Waals surface area contributed by atoms with Gasteiger partial charge in [0.1, 0.15) is 0 Å². The van der Waals surface area contributed by atoms with Gasteiger partial charge in [-0.15, -0.1) is 0 Å². The first-order valence-electron chi connectivity index (χ1n) is 6.47. The Balaban J connectivity index is 4.28. The largest absolute Gasteiger partial charge is 0.466 e. The van der Waals surface area contributed by atoms with Crippen molar-refractivity contribution in [2.75, 3.05) is 26.5 Å². The van der Waals surface area contributed by atoms with Crippen LogP contribution in [0.4, 0.5) is 0 Å². The molecule has 20 heavy (non-hydrogen) atoms. The molecule has 0 aromatic heterocycles. The molecule has 8 heteroatoms. The average Bonchev–Trinajstić information content (AvgIpc) is 2.36. The number of carbonyl (C=O) groups excluding carboxylic acids is 2. The Bertz CT molecular complexity index is 369. The summed E-state index contributed by atoms with van der Waals surface area (Å²) in [7, 11) is -3.45. The highest BCUT2D eigenvalue weighted by atomic mass is 31.2. The zero-order valence-corrected chi connectivity index (χ0v) is 13.5. The summed E-state index contributed by atoms with van der Waals surface area (Å²) in [6, 6.07) is 0. The van der Waals surface area contributed by atoms with Crippen LogP contribution >= 0.6 is 7.60 Å². The molecular weight excluding hydrogens is 287 g/mol. The van der Waals surface area contributed by atoms with Crippen LogP contribution in [0, 0.1) is 5.92 Å². The molecule has 0 bridgehead atoms. The van der Waals surface area contributed by atoms with Crippen LogP contribution in [-0.4, -0.2) is 44.5 Å². The van der Waals surface area contributed by atoms with Gasteiger partial charge in [0.15, 0.2) is 6.10 Å². The van der Waals surface area contributed by atoms with Gasteiger partial charge in [0, 0.05) is 6.66 Å². The second kappa shape index (κ2) is 9.10. The normalized spacial score (nSPS) is 16.9. The quantitative estimate of drug-likeness (QED) is 0.475. The van der Waals surface area contributed by atoms with Crippen molar-refractivity contribution in [3.8, 4) is 0 Å². The first-order chi connectivity index (χ1) is 9.23. The van der Waals surface area contributed by atoms with E-state index in [2.05, 4.69) is 0 Å². The summed E-state index contributed by atoms with van der Waals surface area (Å²) in [5.74, 6) is -1.62. The van der Waals surface area contributed by atoms with E-state index in [1.165, 1.54) is 13.6 Å². The van der Waals surface area contributed by atoms with Gasteiger partial charge in [0.2, 0.25) is 0 Å². The number of ether oxygens (including phenoxy) is 2. The van der Waals surface area contributed by atoms with Crippen molar-refractivity contribution in [3.05, 3.63) is 0 Å². The molecule has 118 valence electrons. The van der Waals surface area contributed by atoms with Gasteiger partial charge in [0.25, 0.3) is 0 Å². The Hall–Kier alpha value is -0.910. The Kier molecular flexibility index (Phi) is 8.69. The molecule has 0 saturated carbocycles. The maximum atomic E-state index is 12.0. The molecule has 0 aromatic carbocycles. The lowest BCUT2D eigenvalue weighted by molar-refractivity contribution is -0.151. The molecule has 0 aliphatic carbocycles. The molecule has 7 nitrogen and oxygen atoms in total. The molecule has 0 N–H and O–H groups in total. The van der Waals surface area contributed by atoms with Crippen LogP contribution in [0.5, 0.6) is 0 Å². The van der Waals surface area contributed by atoms with Gasteiger partial charge in [-0.25, -0.2) is 4.79 Å². The smallest absolute Gasteiger partial charge is 0.335 e. The second-order valence-electron chi connectivity index (χ2n) is 4.22. The predicted octanol–water partition coefficient (Wildman–Crippen LogP) is 1.99. The van der Waals surface area contributed by atoms with E-state index in [0.29, 0.717) is 0 Å². The second-order valence-corrected chi connectivity index (χ2v) is 6.23. The van der Waals surface area contributed by atoms with E-state index in [-0.39, 0.29) is 19.8 Å². The first kappa shape index (κ1) is 19.1. The van der Waals surface area contributed by atoms with Crippen LogP contribution < -0.4 is 0 Å². The summed E-state index contributed by atoms with van der Waals surface area (Å²) in [6.45, 7) is 7.97. The topological polar surface area (TPSA) is 88.1 Å². The minimum atomic E-state index is -3.45. The Morgan fingerprint density at radius 1 is 1.05 bits per heavy atom. The average molecular weight is 310 g/mol. The van der Waals surface area contributed by atoms with Gasteiger partial charge < -0.3 is 14.0 Å². The van der Waals surface area contributed by atoms with Gasteiger partial charge in [-0.3, -0.25) is 13.9 Å². The molecular formula is C12H23O7P. The lowest BCUT2D eigenvalue weighted by atomic mass is 10.2. The molecule has 0 spiro atoms. The zero-order chi connectivity index (χ0) is 15.8. The number of hydrogen-bond donors (Lipinski definition) is 0. The molecule has 0 aliphatic heterocycles. The summed E-state index contributed by atoms with van der Waals surface area (Å²) in [5, 5.41) is 0. The summed E-state index contributed by atoms with van der Waals surface area (Å²) in [5.41, 5.74) is 0. The maximum absolute atomic E-state index is 12.0. The maximum Gasteiger partial charge on any atom is 0.335 e. The number of esters is 2. The minimum absolute atomic E-state index is 0.109. The van der Waals surface area contributed by atoms with Gasteiger partial charge in [0.05, 0.1) is 25.7 Å². The molecule has 3 atom stereocenters. The van der Waals surface area contributed by atoms with E-state index in [0.717, 1.165) is 0 Å². The van der Waals surface area contributed by atoms with Crippen LogP contribution in [0.2, 0.25) is 0 Å². The molecule has 0 heterocycles. The van der Waals surface area contributed by atoms with E-state index >= 15 is 0 Å². The fourth-order valence-corrected chi connectivity index (χ4v) is 2.44. The third-order valence-corrected chi connectivity index (χ3v) is 3.53. The molecule has 0 aliphatic rings. The lowest BCUT2D eigenvalue weighted by Gasteiger charge is -2.19. The number of carbonyl (C=O) groups is 2. The molecule has 0 aromatic rings. The number of hydrogen-bond acceptors (Lipinski definition) is 7. The van der Waals surface area contributed by atoms with Crippen LogP contribution in [-0.2, 0) is 32.7 Å². The van der Waals surface area contributed by atoms with Crippen LogP contribution in [0.3, 0.4) is 0 Å². The van der Waals surface area contributed by atoms with Crippen molar-refractivity contribution < 1.29 is 32.7 Å². The van der Waals surface area contributed by atoms with E-state index in [1.54, 1.807) is 20.8 Å². The first-order valence-corrected chi connectivity index (χ1v) is 8.46. The summed E-state index contributed by atoms with van der Waals surface area (Å²) in [4.78, 5) is 22.7. The van der Waals surface area contributed by atoms with Crippen molar-refractivity contribution in [1.29, 1.82) is 0 Å². The fourth-order valence-electron chi connectivity index (χ4n) is 1.22. The highest BCUT2D eigenvalue weighted by Gasteiger charge is 2.27. The van der Waals surface area contributed by atoms with Gasteiger partial charge in [-0.05, 0) is 27.7 Å². The Morgan fingerprint density at radius 3 is 2.05 bits per heavy atom. The third-order valence-electron chi connectivity index (χ3n) is 2.22. The minimum Gasteiger partial charge on any atom is -0.466 e.